The molecule has 1 amide bonds. The molecular weight excluding hydrogens is 456 g/mol. The molecule has 0 atom stereocenters. The Labute approximate surface area is 213 Å². The van der Waals surface area contributed by atoms with Crippen LogP contribution in [-0.4, -0.2) is 57.9 Å². The maximum atomic E-state index is 13.1. The van der Waals surface area contributed by atoms with E-state index in [2.05, 4.69) is 17.0 Å². The predicted octanol–water partition coefficient (Wildman–Crippen LogP) is 5.14. The number of anilines is 1. The van der Waals surface area contributed by atoms with Gasteiger partial charge in [0.25, 0.3) is 5.91 Å². The van der Waals surface area contributed by atoms with Crippen LogP contribution in [0.5, 0.6) is 23.0 Å². The SMILES string of the molecule is COCC(=O)N(c1ccc(OC)c(OC)c1)C1CCN(Cc2cccc(Oc3ccccc3)c2)CC1. The van der Waals surface area contributed by atoms with Crippen molar-refractivity contribution in [3.8, 4) is 23.0 Å². The molecule has 36 heavy (non-hydrogen) atoms. The van der Waals surface area contributed by atoms with Gasteiger partial charge in [-0.3, -0.25) is 9.69 Å². The number of hydrogen-bond donors (Lipinski definition) is 0. The van der Waals surface area contributed by atoms with Crippen molar-refractivity contribution >= 4 is 11.6 Å². The molecule has 7 nitrogen and oxygen atoms in total. The summed E-state index contributed by atoms with van der Waals surface area (Å²) in [6.07, 6.45) is 1.73. The van der Waals surface area contributed by atoms with Crippen LogP contribution >= 0.6 is 0 Å². The number of carbonyl (C=O) groups is 1. The van der Waals surface area contributed by atoms with Crippen LogP contribution in [0, 0.1) is 0 Å². The minimum Gasteiger partial charge on any atom is -0.493 e. The summed E-state index contributed by atoms with van der Waals surface area (Å²) < 4.78 is 22.0. The van der Waals surface area contributed by atoms with Crippen molar-refractivity contribution in [2.75, 3.05) is 45.9 Å². The van der Waals surface area contributed by atoms with Gasteiger partial charge in [-0.05, 0) is 54.8 Å². The molecule has 4 rings (SSSR count). The third-order valence-corrected chi connectivity index (χ3v) is 6.39. The zero-order valence-electron chi connectivity index (χ0n) is 21.2. The summed E-state index contributed by atoms with van der Waals surface area (Å²) in [5.74, 6) is 2.83. The first-order valence-electron chi connectivity index (χ1n) is 12.2. The fourth-order valence-electron chi connectivity index (χ4n) is 4.65. The van der Waals surface area contributed by atoms with E-state index >= 15 is 0 Å². The van der Waals surface area contributed by atoms with E-state index in [-0.39, 0.29) is 18.6 Å². The molecule has 1 saturated heterocycles. The second-order valence-corrected chi connectivity index (χ2v) is 8.81. The molecular formula is C29H34N2O5. The van der Waals surface area contributed by atoms with Crippen molar-refractivity contribution in [1.29, 1.82) is 0 Å². The largest absolute Gasteiger partial charge is 0.493 e. The summed E-state index contributed by atoms with van der Waals surface area (Å²) in [5, 5.41) is 0. The maximum absolute atomic E-state index is 13.1. The second-order valence-electron chi connectivity index (χ2n) is 8.81. The lowest BCUT2D eigenvalue weighted by Gasteiger charge is -2.38. The summed E-state index contributed by atoms with van der Waals surface area (Å²) in [7, 11) is 4.74. The van der Waals surface area contributed by atoms with E-state index in [1.807, 2.05) is 65.6 Å². The van der Waals surface area contributed by atoms with E-state index in [0.717, 1.165) is 49.7 Å². The standard InChI is InChI=1S/C29H34N2O5/c1-33-21-29(32)31(24-12-13-27(34-2)28(19-24)35-3)23-14-16-30(17-15-23)20-22-8-7-11-26(18-22)36-25-9-5-4-6-10-25/h4-13,18-19,23H,14-17,20-21H2,1-3H3. The summed E-state index contributed by atoms with van der Waals surface area (Å²) >= 11 is 0. The molecule has 1 heterocycles. The lowest BCUT2D eigenvalue weighted by atomic mass is 10.0. The molecule has 0 unspecified atom stereocenters. The fourth-order valence-corrected chi connectivity index (χ4v) is 4.65. The van der Waals surface area contributed by atoms with Gasteiger partial charge in [-0.2, -0.15) is 0 Å². The van der Waals surface area contributed by atoms with E-state index in [4.69, 9.17) is 18.9 Å². The van der Waals surface area contributed by atoms with Gasteiger partial charge in [-0.15, -0.1) is 0 Å². The third kappa shape index (κ3) is 6.36. The monoisotopic (exact) mass is 490 g/mol. The molecule has 0 N–H and O–H groups in total. The number of carbonyl (C=O) groups excluding carboxylic acids is 1. The first kappa shape index (κ1) is 25.5. The van der Waals surface area contributed by atoms with Crippen molar-refractivity contribution < 1.29 is 23.7 Å². The van der Waals surface area contributed by atoms with Crippen molar-refractivity contribution in [3.05, 3.63) is 78.4 Å². The quantitative estimate of drug-likeness (QED) is 0.392. The van der Waals surface area contributed by atoms with Gasteiger partial charge >= 0.3 is 0 Å². The minimum absolute atomic E-state index is 0.0305. The molecule has 1 aliphatic rings. The lowest BCUT2D eigenvalue weighted by molar-refractivity contribution is -0.122. The average molecular weight is 491 g/mol. The van der Waals surface area contributed by atoms with Crippen LogP contribution in [0.4, 0.5) is 5.69 Å². The van der Waals surface area contributed by atoms with E-state index in [1.165, 1.54) is 5.56 Å². The first-order valence-corrected chi connectivity index (χ1v) is 12.2. The second kappa shape index (κ2) is 12.4. The van der Waals surface area contributed by atoms with Gasteiger partial charge in [0.2, 0.25) is 0 Å². The van der Waals surface area contributed by atoms with Crippen LogP contribution in [0.25, 0.3) is 0 Å². The number of likely N-dealkylation sites (tertiary alicyclic amines) is 1. The Morgan fingerprint density at radius 2 is 1.58 bits per heavy atom. The zero-order valence-corrected chi connectivity index (χ0v) is 21.2. The Hall–Kier alpha value is -3.55. The van der Waals surface area contributed by atoms with Gasteiger partial charge in [0.05, 0.1) is 14.2 Å². The molecule has 3 aromatic rings. The Bertz CT molecular complexity index is 1130. The molecule has 0 saturated carbocycles. The van der Waals surface area contributed by atoms with Gasteiger partial charge in [0.15, 0.2) is 11.5 Å². The number of hydrogen-bond acceptors (Lipinski definition) is 6. The summed E-state index contributed by atoms with van der Waals surface area (Å²) in [6.45, 7) is 2.64. The number of nitrogens with zero attached hydrogens (tertiary/aromatic N) is 2. The van der Waals surface area contributed by atoms with Crippen LogP contribution in [-0.2, 0) is 16.1 Å². The van der Waals surface area contributed by atoms with Crippen LogP contribution in [0.2, 0.25) is 0 Å². The molecule has 190 valence electrons. The highest BCUT2D eigenvalue weighted by atomic mass is 16.5. The lowest BCUT2D eigenvalue weighted by Crippen LogP contribution is -2.48. The average Bonchev–Trinajstić information content (AvgIpc) is 2.90. The van der Waals surface area contributed by atoms with Gasteiger partial charge in [0, 0.05) is 44.5 Å². The number of methoxy groups -OCH3 is 3. The molecule has 0 aromatic heterocycles. The Morgan fingerprint density at radius 3 is 2.28 bits per heavy atom. The number of ether oxygens (including phenoxy) is 4. The van der Waals surface area contributed by atoms with E-state index < -0.39 is 0 Å². The fraction of sp³-hybridized carbons (Fsp3) is 0.345. The van der Waals surface area contributed by atoms with Crippen molar-refractivity contribution in [3.63, 3.8) is 0 Å². The van der Waals surface area contributed by atoms with Crippen molar-refractivity contribution in [2.24, 2.45) is 0 Å². The molecule has 0 spiro atoms. The van der Waals surface area contributed by atoms with Crippen LogP contribution in [0.15, 0.2) is 72.8 Å². The molecule has 0 bridgehead atoms. The molecule has 7 heteroatoms. The van der Waals surface area contributed by atoms with Crippen LogP contribution in [0.3, 0.4) is 0 Å². The van der Waals surface area contributed by atoms with Gasteiger partial charge in [-0.1, -0.05) is 30.3 Å². The molecule has 0 radical (unpaired) electrons. The Morgan fingerprint density at radius 1 is 0.861 bits per heavy atom. The van der Waals surface area contributed by atoms with Gasteiger partial charge in [0.1, 0.15) is 18.1 Å². The number of benzene rings is 3. The summed E-state index contributed by atoms with van der Waals surface area (Å²) in [5.41, 5.74) is 1.99. The van der Waals surface area contributed by atoms with Crippen LogP contribution in [0.1, 0.15) is 18.4 Å². The van der Waals surface area contributed by atoms with Crippen LogP contribution < -0.4 is 19.1 Å². The highest BCUT2D eigenvalue weighted by molar-refractivity contribution is 5.95. The normalized spacial score (nSPS) is 14.3. The third-order valence-electron chi connectivity index (χ3n) is 6.39. The first-order chi connectivity index (χ1) is 17.6. The van der Waals surface area contributed by atoms with Crippen molar-refractivity contribution in [2.45, 2.75) is 25.4 Å². The van der Waals surface area contributed by atoms with E-state index in [1.54, 1.807) is 21.3 Å². The number of rotatable bonds is 10. The minimum atomic E-state index is -0.0612. The number of piperidine rings is 1. The smallest absolute Gasteiger partial charge is 0.253 e. The van der Waals surface area contributed by atoms with Gasteiger partial charge in [-0.25, -0.2) is 0 Å². The molecule has 3 aromatic carbocycles. The predicted molar refractivity (Wildman–Crippen MR) is 140 cm³/mol. The highest BCUT2D eigenvalue weighted by Gasteiger charge is 2.30. The Balaban J connectivity index is 1.42. The molecule has 1 fully saturated rings. The zero-order chi connectivity index (χ0) is 25.3. The Kier molecular flexibility index (Phi) is 8.81. The highest BCUT2D eigenvalue weighted by Crippen LogP contribution is 2.34. The van der Waals surface area contributed by atoms with Crippen molar-refractivity contribution in [1.82, 2.24) is 4.90 Å². The summed E-state index contributed by atoms with van der Waals surface area (Å²) in [4.78, 5) is 17.3. The summed E-state index contributed by atoms with van der Waals surface area (Å²) in [6, 6.07) is 23.7. The number of amides is 1. The number of para-hydroxylation sites is 1. The van der Waals surface area contributed by atoms with Gasteiger partial charge < -0.3 is 23.8 Å². The van der Waals surface area contributed by atoms with E-state index in [9.17, 15) is 4.79 Å². The molecule has 1 aliphatic heterocycles. The van der Waals surface area contributed by atoms with E-state index in [0.29, 0.717) is 11.5 Å². The molecule has 0 aliphatic carbocycles. The topological polar surface area (TPSA) is 60.5 Å². The maximum Gasteiger partial charge on any atom is 0.253 e.